The summed E-state index contributed by atoms with van der Waals surface area (Å²) in [5.41, 5.74) is 2.08. The van der Waals surface area contributed by atoms with Crippen molar-refractivity contribution < 1.29 is 4.79 Å². The number of fused-ring (bicyclic) bond motifs is 1. The molecule has 1 aliphatic carbocycles. The Labute approximate surface area is 168 Å². The quantitative estimate of drug-likeness (QED) is 0.562. The minimum absolute atomic E-state index is 0.131. The number of amides is 1. The number of thioether (sulfide) groups is 1. The normalized spacial score (nSPS) is 16.4. The van der Waals surface area contributed by atoms with Crippen molar-refractivity contribution in [2.75, 3.05) is 11.1 Å². The van der Waals surface area contributed by atoms with Crippen LogP contribution in [0.2, 0.25) is 0 Å². The second-order valence-electron chi connectivity index (χ2n) is 7.47. The second-order valence-corrected chi connectivity index (χ2v) is 9.52. The minimum atomic E-state index is -0.131. The number of thiophene rings is 1. The third-order valence-electron chi connectivity index (χ3n) is 5.52. The first-order valence-electron chi connectivity index (χ1n) is 9.19. The molecular weight excluding hydrogens is 376 g/mol. The van der Waals surface area contributed by atoms with E-state index in [-0.39, 0.29) is 11.7 Å². The summed E-state index contributed by atoms with van der Waals surface area (Å²) >= 11 is 2.86. The number of nitrogens with one attached hydrogen (secondary N) is 1. The SMILES string of the molecule is CCC(C)(C)[C@@H]1CCc2c(sc(NC(=O)CSc3ncccn3)c2C#N)C1. The number of carbonyl (C=O) groups excluding carboxylic acids is 1. The van der Waals surface area contributed by atoms with E-state index in [0.717, 1.165) is 31.2 Å². The Morgan fingerprint density at radius 2 is 2.19 bits per heavy atom. The summed E-state index contributed by atoms with van der Waals surface area (Å²) in [6, 6.07) is 4.06. The molecule has 2 aromatic rings. The van der Waals surface area contributed by atoms with E-state index in [2.05, 4.69) is 42.1 Å². The lowest BCUT2D eigenvalue weighted by atomic mass is 9.69. The zero-order valence-corrected chi connectivity index (χ0v) is 17.5. The van der Waals surface area contributed by atoms with Gasteiger partial charge in [-0.1, -0.05) is 39.0 Å². The summed E-state index contributed by atoms with van der Waals surface area (Å²) in [7, 11) is 0. The van der Waals surface area contributed by atoms with Crippen LogP contribution in [0.3, 0.4) is 0 Å². The molecule has 1 N–H and O–H groups in total. The van der Waals surface area contributed by atoms with Crippen LogP contribution in [0.4, 0.5) is 5.00 Å². The highest BCUT2D eigenvalue weighted by atomic mass is 32.2. The summed E-state index contributed by atoms with van der Waals surface area (Å²) in [5, 5.41) is 13.8. The maximum Gasteiger partial charge on any atom is 0.235 e. The molecule has 0 bridgehead atoms. The third-order valence-corrected chi connectivity index (χ3v) is 7.57. The predicted octanol–water partition coefficient (Wildman–Crippen LogP) is 4.68. The lowest BCUT2D eigenvalue weighted by Gasteiger charge is -2.36. The van der Waals surface area contributed by atoms with Crippen molar-refractivity contribution in [3.8, 4) is 6.07 Å². The van der Waals surface area contributed by atoms with Gasteiger partial charge in [-0.25, -0.2) is 9.97 Å². The standard InChI is InChI=1S/C20H24N4OS2/c1-4-20(2,3)13-6-7-14-15(11-21)18(27-16(14)10-13)24-17(25)12-26-19-22-8-5-9-23-19/h5,8-9,13H,4,6-7,10,12H2,1-3H3,(H,24,25)/t13-/m1/s1. The van der Waals surface area contributed by atoms with Gasteiger partial charge in [0.1, 0.15) is 11.1 Å². The molecule has 0 aromatic carbocycles. The molecule has 0 unspecified atom stereocenters. The molecule has 1 atom stereocenters. The fourth-order valence-electron chi connectivity index (χ4n) is 3.40. The van der Waals surface area contributed by atoms with E-state index in [9.17, 15) is 10.1 Å². The molecule has 1 aliphatic rings. The fraction of sp³-hybridized carbons (Fsp3) is 0.500. The first kappa shape index (κ1) is 19.8. The van der Waals surface area contributed by atoms with Crippen LogP contribution < -0.4 is 5.32 Å². The van der Waals surface area contributed by atoms with Gasteiger partial charge in [-0.3, -0.25) is 4.79 Å². The van der Waals surface area contributed by atoms with Crippen molar-refractivity contribution in [3.05, 3.63) is 34.5 Å². The fourth-order valence-corrected chi connectivity index (χ4v) is 5.30. The Balaban J connectivity index is 1.70. The van der Waals surface area contributed by atoms with Gasteiger partial charge in [-0.2, -0.15) is 5.26 Å². The van der Waals surface area contributed by atoms with E-state index in [0.29, 0.717) is 27.1 Å². The number of hydrogen-bond donors (Lipinski definition) is 1. The van der Waals surface area contributed by atoms with Crippen LogP contribution in [0.1, 0.15) is 49.6 Å². The van der Waals surface area contributed by atoms with E-state index in [1.54, 1.807) is 29.8 Å². The summed E-state index contributed by atoms with van der Waals surface area (Å²) in [6.07, 6.45) is 7.48. The Morgan fingerprint density at radius 1 is 1.44 bits per heavy atom. The van der Waals surface area contributed by atoms with Gasteiger partial charge in [0.05, 0.1) is 11.3 Å². The highest BCUT2D eigenvalue weighted by molar-refractivity contribution is 7.99. The topological polar surface area (TPSA) is 78.7 Å². The number of nitriles is 1. The van der Waals surface area contributed by atoms with Crippen LogP contribution in [0.25, 0.3) is 0 Å². The Hall–Kier alpha value is -1.91. The predicted molar refractivity (Wildman–Crippen MR) is 110 cm³/mol. The molecule has 0 saturated carbocycles. The van der Waals surface area contributed by atoms with Crippen LogP contribution in [0.5, 0.6) is 0 Å². The minimum Gasteiger partial charge on any atom is -0.316 e. The van der Waals surface area contributed by atoms with Crippen LogP contribution in [-0.4, -0.2) is 21.6 Å². The van der Waals surface area contributed by atoms with Gasteiger partial charge in [-0.05, 0) is 42.2 Å². The van der Waals surface area contributed by atoms with Crippen molar-refractivity contribution in [1.82, 2.24) is 9.97 Å². The molecule has 27 heavy (non-hydrogen) atoms. The number of carbonyl (C=O) groups is 1. The summed E-state index contributed by atoms with van der Waals surface area (Å²) in [6.45, 7) is 6.89. The molecule has 7 heteroatoms. The number of rotatable bonds is 6. The zero-order valence-electron chi connectivity index (χ0n) is 15.9. The number of hydrogen-bond acceptors (Lipinski definition) is 6. The molecule has 1 amide bonds. The van der Waals surface area contributed by atoms with E-state index in [1.165, 1.54) is 16.6 Å². The maximum atomic E-state index is 12.3. The first-order valence-corrected chi connectivity index (χ1v) is 11.0. The molecule has 2 heterocycles. The van der Waals surface area contributed by atoms with Crippen molar-refractivity contribution in [3.63, 3.8) is 0 Å². The molecule has 2 aromatic heterocycles. The van der Waals surface area contributed by atoms with Crippen molar-refractivity contribution in [2.24, 2.45) is 11.3 Å². The van der Waals surface area contributed by atoms with Gasteiger partial charge >= 0.3 is 0 Å². The van der Waals surface area contributed by atoms with Crippen LogP contribution in [-0.2, 0) is 17.6 Å². The number of aromatic nitrogens is 2. The molecule has 0 radical (unpaired) electrons. The van der Waals surface area contributed by atoms with Gasteiger partial charge in [0.15, 0.2) is 5.16 Å². The third kappa shape index (κ3) is 4.50. The zero-order chi connectivity index (χ0) is 19.4. The van der Waals surface area contributed by atoms with Gasteiger partial charge in [0.2, 0.25) is 5.91 Å². The van der Waals surface area contributed by atoms with Gasteiger partial charge in [0, 0.05) is 17.3 Å². The molecule has 142 valence electrons. The molecule has 0 aliphatic heterocycles. The van der Waals surface area contributed by atoms with Crippen LogP contribution in [0, 0.1) is 22.7 Å². The molecule has 0 spiro atoms. The van der Waals surface area contributed by atoms with Gasteiger partial charge in [0.25, 0.3) is 0 Å². The Bertz CT molecular complexity index is 855. The number of nitrogens with zero attached hydrogens (tertiary/aromatic N) is 3. The van der Waals surface area contributed by atoms with Gasteiger partial charge < -0.3 is 5.32 Å². The summed E-state index contributed by atoms with van der Waals surface area (Å²) in [5.74, 6) is 0.714. The molecule has 0 saturated heterocycles. The molecular formula is C20H24N4OS2. The first-order chi connectivity index (χ1) is 12.9. The Kier molecular flexibility index (Phi) is 6.18. The average Bonchev–Trinajstić information content (AvgIpc) is 3.03. The Morgan fingerprint density at radius 3 is 2.85 bits per heavy atom. The van der Waals surface area contributed by atoms with Crippen molar-refractivity contribution >= 4 is 34.0 Å². The lowest BCUT2D eigenvalue weighted by molar-refractivity contribution is -0.113. The smallest absolute Gasteiger partial charge is 0.235 e. The average molecular weight is 401 g/mol. The largest absolute Gasteiger partial charge is 0.316 e. The van der Waals surface area contributed by atoms with Crippen LogP contribution in [0.15, 0.2) is 23.6 Å². The molecule has 5 nitrogen and oxygen atoms in total. The second kappa shape index (κ2) is 8.41. The van der Waals surface area contributed by atoms with Gasteiger partial charge in [-0.15, -0.1) is 11.3 Å². The van der Waals surface area contributed by atoms with Crippen LogP contribution >= 0.6 is 23.1 Å². The summed E-state index contributed by atoms with van der Waals surface area (Å²) in [4.78, 5) is 21.8. The maximum absolute atomic E-state index is 12.3. The molecule has 0 fully saturated rings. The monoisotopic (exact) mass is 400 g/mol. The number of anilines is 1. The van der Waals surface area contributed by atoms with E-state index < -0.39 is 0 Å². The highest BCUT2D eigenvalue weighted by Crippen LogP contribution is 2.45. The van der Waals surface area contributed by atoms with Crippen molar-refractivity contribution in [2.45, 2.75) is 51.6 Å². The van der Waals surface area contributed by atoms with E-state index in [4.69, 9.17) is 0 Å². The van der Waals surface area contributed by atoms with E-state index in [1.807, 2.05) is 0 Å². The lowest BCUT2D eigenvalue weighted by Crippen LogP contribution is -2.28. The highest BCUT2D eigenvalue weighted by Gasteiger charge is 2.34. The van der Waals surface area contributed by atoms with Crippen molar-refractivity contribution in [1.29, 1.82) is 5.26 Å². The van der Waals surface area contributed by atoms with E-state index >= 15 is 0 Å². The summed E-state index contributed by atoms with van der Waals surface area (Å²) < 4.78 is 0. The molecule has 3 rings (SSSR count).